The molecule has 0 radical (unpaired) electrons. The molecule has 0 aromatic rings. The summed E-state index contributed by atoms with van der Waals surface area (Å²) < 4.78 is 0. The number of allylic oxidation sites excluding steroid dienone is 4. The van der Waals surface area contributed by atoms with Gasteiger partial charge in [0.2, 0.25) is 0 Å². The Balaban J connectivity index is 1.98. The summed E-state index contributed by atoms with van der Waals surface area (Å²) in [6.45, 7) is 0. The van der Waals surface area contributed by atoms with Crippen molar-refractivity contribution in [2.75, 3.05) is 0 Å². The lowest BCUT2D eigenvalue weighted by Gasteiger charge is -2.50. The van der Waals surface area contributed by atoms with Crippen LogP contribution in [0.5, 0.6) is 0 Å². The van der Waals surface area contributed by atoms with E-state index in [9.17, 15) is 0 Å². The van der Waals surface area contributed by atoms with Crippen LogP contribution in [-0.2, 0) is 0 Å². The molecule has 0 heterocycles. The van der Waals surface area contributed by atoms with Gasteiger partial charge in [-0.3, -0.25) is 0 Å². The van der Waals surface area contributed by atoms with E-state index in [0.29, 0.717) is 21.9 Å². The summed E-state index contributed by atoms with van der Waals surface area (Å²) in [6, 6.07) is 0. The van der Waals surface area contributed by atoms with Gasteiger partial charge in [0.15, 0.2) is 0 Å². The van der Waals surface area contributed by atoms with Crippen LogP contribution in [0.1, 0.15) is 12.8 Å². The Morgan fingerprint density at radius 1 is 0.889 bits per heavy atom. The van der Waals surface area contributed by atoms with Gasteiger partial charge in [0.25, 0.3) is 0 Å². The number of halogens is 5. The Labute approximate surface area is 131 Å². The molecule has 0 N–H and O–H groups in total. The molecule has 0 saturated heterocycles. The molecule has 0 aliphatic heterocycles. The monoisotopic (exact) mass is 342 g/mol. The van der Waals surface area contributed by atoms with E-state index in [0.717, 1.165) is 12.8 Å². The van der Waals surface area contributed by atoms with Crippen molar-refractivity contribution >= 4 is 58.0 Å². The van der Waals surface area contributed by atoms with Crippen LogP contribution in [0, 0.1) is 23.7 Å². The average Bonchev–Trinajstić information content (AvgIpc) is 2.67. The maximum atomic E-state index is 6.83. The molecule has 0 aromatic heterocycles. The molecule has 5 rings (SSSR count). The van der Waals surface area contributed by atoms with E-state index in [2.05, 4.69) is 12.2 Å². The highest BCUT2D eigenvalue weighted by atomic mass is 35.5. The standard InChI is InChI=1S/C13H11Cl5/c14-9-10(15)13(18)8-6-2-1-5(3-4-6)7(8)12(9,17)11(13)16/h1-2,5-8,11H,3-4H2/t5-,6+,7-,8+,11?,12-,13+. The molecule has 98 valence electrons. The van der Waals surface area contributed by atoms with E-state index >= 15 is 0 Å². The third-order valence-corrected chi connectivity index (χ3v) is 8.85. The minimum atomic E-state index is -0.777. The lowest BCUT2D eigenvalue weighted by atomic mass is 9.58. The molecule has 5 aliphatic carbocycles. The summed E-state index contributed by atoms with van der Waals surface area (Å²) in [5.41, 5.74) is 0. The average molecular weight is 344 g/mol. The number of hydrogen-bond donors (Lipinski definition) is 0. The first-order chi connectivity index (χ1) is 8.43. The molecule has 1 unspecified atom stereocenters. The molecule has 5 aliphatic rings. The molecule has 5 heteroatoms. The Hall–Kier alpha value is 0.930. The number of alkyl halides is 3. The zero-order valence-corrected chi connectivity index (χ0v) is 13.1. The Morgan fingerprint density at radius 3 is 1.61 bits per heavy atom. The number of hydrogen-bond acceptors (Lipinski definition) is 0. The smallest absolute Gasteiger partial charge is 0.103 e. The van der Waals surface area contributed by atoms with Crippen molar-refractivity contribution in [3.05, 3.63) is 22.2 Å². The van der Waals surface area contributed by atoms with Gasteiger partial charge in [-0.2, -0.15) is 0 Å². The molecule has 0 spiro atoms. The second kappa shape index (κ2) is 3.57. The van der Waals surface area contributed by atoms with E-state index in [4.69, 9.17) is 58.0 Å². The van der Waals surface area contributed by atoms with Crippen molar-refractivity contribution in [2.45, 2.75) is 28.0 Å². The minimum Gasteiger partial charge on any atom is -0.118 e. The largest absolute Gasteiger partial charge is 0.118 e. The van der Waals surface area contributed by atoms with Crippen molar-refractivity contribution in [2.24, 2.45) is 23.7 Å². The highest BCUT2D eigenvalue weighted by Gasteiger charge is 2.77. The molecule has 7 atom stereocenters. The Bertz CT molecular complexity index is 456. The SMILES string of the molecule is ClC1=C(Cl)[C@]2(Cl)C(Cl)[C@@]1(Cl)[C@H]1[C@@H]2[C@H]2C=C[C@@H]1CC2. The first-order valence-corrected chi connectivity index (χ1v) is 8.14. The third kappa shape index (κ3) is 1.08. The fourth-order valence-corrected chi connectivity index (χ4v) is 7.32. The van der Waals surface area contributed by atoms with E-state index in [1.54, 1.807) is 0 Å². The van der Waals surface area contributed by atoms with Crippen LogP contribution in [0.25, 0.3) is 0 Å². The summed E-state index contributed by atoms with van der Waals surface area (Å²) in [6.07, 6.45) is 6.83. The lowest BCUT2D eigenvalue weighted by molar-refractivity contribution is 0.122. The van der Waals surface area contributed by atoms with Gasteiger partial charge in [-0.1, -0.05) is 35.4 Å². The normalized spacial score (nSPS) is 60.6. The lowest BCUT2D eigenvalue weighted by Crippen LogP contribution is -2.48. The van der Waals surface area contributed by atoms with Crippen molar-refractivity contribution in [3.8, 4) is 0 Å². The predicted octanol–water partition coefficient (Wildman–Crippen LogP) is 5.09. The summed E-state index contributed by atoms with van der Waals surface area (Å²) in [5.74, 6) is 1.30. The summed E-state index contributed by atoms with van der Waals surface area (Å²) >= 11 is 33.0. The van der Waals surface area contributed by atoms with Gasteiger partial charge < -0.3 is 0 Å². The van der Waals surface area contributed by atoms with Crippen molar-refractivity contribution < 1.29 is 0 Å². The van der Waals surface area contributed by atoms with E-state index < -0.39 is 15.1 Å². The number of rotatable bonds is 0. The maximum absolute atomic E-state index is 6.83. The van der Waals surface area contributed by atoms with Crippen LogP contribution in [0.15, 0.2) is 22.2 Å². The Kier molecular flexibility index (Phi) is 2.51. The molecule has 4 bridgehead atoms. The van der Waals surface area contributed by atoms with Gasteiger partial charge >= 0.3 is 0 Å². The molecule has 18 heavy (non-hydrogen) atoms. The molecule has 0 amide bonds. The minimum absolute atomic E-state index is 0.220. The van der Waals surface area contributed by atoms with Gasteiger partial charge in [-0.15, -0.1) is 34.8 Å². The topological polar surface area (TPSA) is 0 Å². The van der Waals surface area contributed by atoms with Gasteiger partial charge in [-0.25, -0.2) is 0 Å². The summed E-state index contributed by atoms with van der Waals surface area (Å²) in [7, 11) is 0. The number of fused-ring (bicyclic) bond motifs is 3. The molecule has 0 nitrogen and oxygen atoms in total. The van der Waals surface area contributed by atoms with Crippen LogP contribution in [0.2, 0.25) is 0 Å². The quantitative estimate of drug-likeness (QED) is 0.424. The highest BCUT2D eigenvalue weighted by Crippen LogP contribution is 2.75. The first-order valence-electron chi connectivity index (χ1n) is 6.20. The Morgan fingerprint density at radius 2 is 1.28 bits per heavy atom. The van der Waals surface area contributed by atoms with Gasteiger partial charge in [-0.05, 0) is 36.5 Å². The first kappa shape index (κ1) is 12.7. The van der Waals surface area contributed by atoms with Crippen molar-refractivity contribution in [1.29, 1.82) is 0 Å². The van der Waals surface area contributed by atoms with Gasteiger partial charge in [0, 0.05) is 0 Å². The maximum Gasteiger partial charge on any atom is 0.103 e. The fraction of sp³-hybridized carbons (Fsp3) is 0.692. The predicted molar refractivity (Wildman–Crippen MR) is 77.9 cm³/mol. The molecule has 0 aromatic carbocycles. The van der Waals surface area contributed by atoms with Crippen molar-refractivity contribution in [3.63, 3.8) is 0 Å². The van der Waals surface area contributed by atoms with Gasteiger partial charge in [0.1, 0.15) is 9.75 Å². The van der Waals surface area contributed by atoms with Crippen LogP contribution in [-0.4, -0.2) is 15.1 Å². The third-order valence-electron chi connectivity index (χ3n) is 5.32. The van der Waals surface area contributed by atoms with Crippen LogP contribution in [0.3, 0.4) is 0 Å². The van der Waals surface area contributed by atoms with Crippen LogP contribution < -0.4 is 0 Å². The fourth-order valence-electron chi connectivity index (χ4n) is 4.63. The van der Waals surface area contributed by atoms with Gasteiger partial charge in [0.05, 0.1) is 15.4 Å². The summed E-state index contributed by atoms with van der Waals surface area (Å²) in [4.78, 5) is -1.55. The molecular formula is C13H11Cl5. The molecule has 2 fully saturated rings. The zero-order chi connectivity index (χ0) is 12.9. The molecule has 2 saturated carbocycles. The van der Waals surface area contributed by atoms with E-state index in [1.807, 2.05) is 0 Å². The van der Waals surface area contributed by atoms with E-state index in [-0.39, 0.29) is 11.8 Å². The zero-order valence-electron chi connectivity index (χ0n) is 9.35. The second-order valence-corrected chi connectivity index (χ2v) is 8.31. The second-order valence-electron chi connectivity index (χ2n) is 5.87. The highest BCUT2D eigenvalue weighted by molar-refractivity contribution is 6.55. The van der Waals surface area contributed by atoms with Crippen molar-refractivity contribution in [1.82, 2.24) is 0 Å². The van der Waals surface area contributed by atoms with Crippen LogP contribution >= 0.6 is 58.0 Å². The molecular weight excluding hydrogens is 333 g/mol. The van der Waals surface area contributed by atoms with Crippen LogP contribution in [0.4, 0.5) is 0 Å². The van der Waals surface area contributed by atoms with E-state index in [1.165, 1.54) is 0 Å². The summed E-state index contributed by atoms with van der Waals surface area (Å²) in [5, 5.41) is 0.525.